The van der Waals surface area contributed by atoms with E-state index in [0.717, 1.165) is 0 Å². The zero-order valence-corrected chi connectivity index (χ0v) is 11.5. The van der Waals surface area contributed by atoms with Crippen molar-refractivity contribution >= 4 is 15.9 Å². The monoisotopic (exact) mass is 274 g/mol. The Hall–Kier alpha value is -1.41. The summed E-state index contributed by atoms with van der Waals surface area (Å²) >= 11 is 0. The number of amides is 1. The van der Waals surface area contributed by atoms with Crippen LogP contribution >= 0.6 is 0 Å². The molecule has 0 aliphatic rings. The summed E-state index contributed by atoms with van der Waals surface area (Å²) < 4.78 is 25.9. The molecule has 0 bridgehead atoms. The number of aromatic amines is 1. The standard InChI is InChI=1S/C10H18N4O3S/c1-4-8-11-6-9(13-8)18(16,17)12-7-10(15)14(3)5-2/h6,12H,4-5,7H2,1-3H3,(H,11,13). The molecule has 0 unspecified atom stereocenters. The molecule has 0 saturated carbocycles. The molecule has 8 heteroatoms. The Bertz CT molecular complexity index is 509. The lowest BCUT2D eigenvalue weighted by molar-refractivity contribution is -0.128. The van der Waals surface area contributed by atoms with Crippen molar-refractivity contribution in [3.8, 4) is 0 Å². The van der Waals surface area contributed by atoms with Gasteiger partial charge >= 0.3 is 0 Å². The minimum atomic E-state index is -3.70. The van der Waals surface area contributed by atoms with E-state index in [1.54, 1.807) is 7.05 Å². The van der Waals surface area contributed by atoms with Crippen LogP contribution in [-0.2, 0) is 21.2 Å². The van der Waals surface area contributed by atoms with Gasteiger partial charge < -0.3 is 9.88 Å². The highest BCUT2D eigenvalue weighted by molar-refractivity contribution is 7.89. The molecule has 0 atom stereocenters. The largest absolute Gasteiger partial charge is 0.345 e. The first-order valence-electron chi connectivity index (χ1n) is 5.68. The lowest BCUT2D eigenvalue weighted by atomic mass is 10.5. The van der Waals surface area contributed by atoms with Gasteiger partial charge in [-0.3, -0.25) is 4.79 Å². The number of aromatic nitrogens is 2. The molecule has 0 aromatic carbocycles. The molecule has 1 amide bonds. The van der Waals surface area contributed by atoms with Gasteiger partial charge in [-0.1, -0.05) is 6.92 Å². The number of aryl methyl sites for hydroxylation is 1. The first-order valence-corrected chi connectivity index (χ1v) is 7.16. The maximum Gasteiger partial charge on any atom is 0.258 e. The number of sulfonamides is 1. The minimum Gasteiger partial charge on any atom is -0.345 e. The van der Waals surface area contributed by atoms with Gasteiger partial charge in [0.2, 0.25) is 5.91 Å². The zero-order chi connectivity index (χ0) is 13.8. The lowest BCUT2D eigenvalue weighted by Crippen LogP contribution is -2.38. The van der Waals surface area contributed by atoms with Crippen LogP contribution < -0.4 is 4.72 Å². The van der Waals surface area contributed by atoms with E-state index in [0.29, 0.717) is 18.8 Å². The Morgan fingerprint density at radius 1 is 1.50 bits per heavy atom. The number of hydrogen-bond acceptors (Lipinski definition) is 4. The molecular weight excluding hydrogens is 256 g/mol. The van der Waals surface area contributed by atoms with Crippen LogP contribution in [0, 0.1) is 0 Å². The van der Waals surface area contributed by atoms with Crippen molar-refractivity contribution in [3.05, 3.63) is 12.0 Å². The van der Waals surface area contributed by atoms with Crippen molar-refractivity contribution in [1.82, 2.24) is 19.6 Å². The quantitative estimate of drug-likeness (QED) is 0.746. The summed E-state index contributed by atoms with van der Waals surface area (Å²) in [5.74, 6) is 0.309. The van der Waals surface area contributed by atoms with E-state index < -0.39 is 10.0 Å². The van der Waals surface area contributed by atoms with Crippen LogP contribution in [0.1, 0.15) is 19.7 Å². The molecule has 1 rings (SSSR count). The molecule has 0 spiro atoms. The molecule has 0 radical (unpaired) electrons. The maximum absolute atomic E-state index is 11.8. The van der Waals surface area contributed by atoms with E-state index in [1.807, 2.05) is 13.8 Å². The molecule has 0 aliphatic carbocycles. The summed E-state index contributed by atoms with van der Waals surface area (Å²) in [5.41, 5.74) is 0. The molecule has 0 fully saturated rings. The van der Waals surface area contributed by atoms with Crippen LogP contribution in [0.4, 0.5) is 0 Å². The van der Waals surface area contributed by atoms with E-state index >= 15 is 0 Å². The van der Waals surface area contributed by atoms with E-state index in [1.165, 1.54) is 11.1 Å². The average Bonchev–Trinajstić information content (AvgIpc) is 2.84. The molecule has 1 aromatic rings. The number of carbonyl (C=O) groups excluding carboxylic acids is 1. The molecule has 18 heavy (non-hydrogen) atoms. The third kappa shape index (κ3) is 3.54. The van der Waals surface area contributed by atoms with Crippen LogP contribution in [0.5, 0.6) is 0 Å². The lowest BCUT2D eigenvalue weighted by Gasteiger charge is -2.14. The fraction of sp³-hybridized carbons (Fsp3) is 0.600. The second-order valence-corrected chi connectivity index (χ2v) is 5.52. The van der Waals surface area contributed by atoms with Gasteiger partial charge in [-0.2, -0.15) is 0 Å². The third-order valence-electron chi connectivity index (χ3n) is 2.54. The van der Waals surface area contributed by atoms with Crippen molar-refractivity contribution in [2.24, 2.45) is 0 Å². The second-order valence-electron chi connectivity index (χ2n) is 3.78. The number of carbonyl (C=O) groups is 1. The fourth-order valence-electron chi connectivity index (χ4n) is 1.21. The van der Waals surface area contributed by atoms with Crippen LogP contribution in [0.25, 0.3) is 0 Å². The van der Waals surface area contributed by atoms with Crippen LogP contribution in [0.15, 0.2) is 11.2 Å². The number of imidazole rings is 1. The Kier molecular flexibility index (Phi) is 4.85. The molecule has 7 nitrogen and oxygen atoms in total. The van der Waals surface area contributed by atoms with Gasteiger partial charge in [0.1, 0.15) is 5.82 Å². The fourth-order valence-corrected chi connectivity index (χ4v) is 2.12. The Balaban J connectivity index is 2.68. The van der Waals surface area contributed by atoms with E-state index in [4.69, 9.17) is 0 Å². The Morgan fingerprint density at radius 2 is 2.17 bits per heavy atom. The van der Waals surface area contributed by atoms with Crippen molar-refractivity contribution < 1.29 is 13.2 Å². The molecule has 1 aromatic heterocycles. The summed E-state index contributed by atoms with van der Waals surface area (Å²) in [5, 5.41) is -0.0219. The van der Waals surface area contributed by atoms with Gasteiger partial charge in [-0.15, -0.1) is 0 Å². The number of rotatable bonds is 6. The van der Waals surface area contributed by atoms with Crippen LogP contribution in [0.2, 0.25) is 0 Å². The number of likely N-dealkylation sites (N-methyl/N-ethyl adjacent to an activating group) is 1. The van der Waals surface area contributed by atoms with Crippen LogP contribution in [-0.4, -0.2) is 49.3 Å². The van der Waals surface area contributed by atoms with Gasteiger partial charge in [-0.05, 0) is 6.92 Å². The van der Waals surface area contributed by atoms with Crippen molar-refractivity contribution in [2.45, 2.75) is 25.3 Å². The van der Waals surface area contributed by atoms with E-state index in [9.17, 15) is 13.2 Å². The van der Waals surface area contributed by atoms with Crippen molar-refractivity contribution in [1.29, 1.82) is 0 Å². The predicted molar refractivity (Wildman–Crippen MR) is 66.5 cm³/mol. The highest BCUT2D eigenvalue weighted by Gasteiger charge is 2.18. The number of nitrogens with one attached hydrogen (secondary N) is 2. The smallest absolute Gasteiger partial charge is 0.258 e. The van der Waals surface area contributed by atoms with Gasteiger partial charge in [0.05, 0.1) is 12.7 Å². The summed E-state index contributed by atoms with van der Waals surface area (Å²) in [6.45, 7) is 3.95. The number of hydrogen-bond donors (Lipinski definition) is 2. The van der Waals surface area contributed by atoms with Gasteiger partial charge in [0.15, 0.2) is 5.03 Å². The number of nitrogens with zero attached hydrogens (tertiary/aromatic N) is 2. The molecule has 102 valence electrons. The number of H-pyrrole nitrogens is 1. The van der Waals surface area contributed by atoms with Crippen LogP contribution in [0.3, 0.4) is 0 Å². The first kappa shape index (κ1) is 14.7. The summed E-state index contributed by atoms with van der Waals surface area (Å²) in [6, 6.07) is 0. The highest BCUT2D eigenvalue weighted by Crippen LogP contribution is 2.05. The summed E-state index contributed by atoms with van der Waals surface area (Å²) in [7, 11) is -2.09. The predicted octanol–water partition coefficient (Wildman–Crippen LogP) is -0.271. The SMILES string of the molecule is CCc1ncc(S(=O)(=O)NCC(=O)N(C)CC)[nH]1. The minimum absolute atomic E-state index is 0.0219. The molecule has 2 N–H and O–H groups in total. The Labute approximate surface area is 107 Å². The average molecular weight is 274 g/mol. The molecular formula is C10H18N4O3S. The molecule has 0 aliphatic heterocycles. The first-order chi connectivity index (χ1) is 8.40. The van der Waals surface area contributed by atoms with Crippen molar-refractivity contribution in [2.75, 3.05) is 20.1 Å². The topological polar surface area (TPSA) is 95.2 Å². The molecule has 1 heterocycles. The molecule has 0 saturated heterocycles. The summed E-state index contributed by atoms with van der Waals surface area (Å²) in [6.07, 6.45) is 1.86. The normalized spacial score (nSPS) is 11.5. The Morgan fingerprint density at radius 3 is 2.67 bits per heavy atom. The van der Waals surface area contributed by atoms with Gasteiger partial charge in [0.25, 0.3) is 10.0 Å². The van der Waals surface area contributed by atoms with Gasteiger partial charge in [0, 0.05) is 20.0 Å². The van der Waals surface area contributed by atoms with E-state index in [2.05, 4.69) is 14.7 Å². The van der Waals surface area contributed by atoms with Gasteiger partial charge in [-0.25, -0.2) is 18.1 Å². The van der Waals surface area contributed by atoms with E-state index in [-0.39, 0.29) is 17.5 Å². The maximum atomic E-state index is 11.8. The zero-order valence-electron chi connectivity index (χ0n) is 10.7. The highest BCUT2D eigenvalue weighted by atomic mass is 32.2. The van der Waals surface area contributed by atoms with Crippen molar-refractivity contribution in [3.63, 3.8) is 0 Å². The third-order valence-corrected chi connectivity index (χ3v) is 3.85. The summed E-state index contributed by atoms with van der Waals surface area (Å²) in [4.78, 5) is 19.5. The second kappa shape index (κ2) is 5.96.